The summed E-state index contributed by atoms with van der Waals surface area (Å²) >= 11 is 0. The number of rotatable bonds is 8. The van der Waals surface area contributed by atoms with E-state index in [0.29, 0.717) is 40.8 Å². The van der Waals surface area contributed by atoms with Crippen LogP contribution in [0.3, 0.4) is 0 Å². The van der Waals surface area contributed by atoms with Crippen LogP contribution in [0.25, 0.3) is 5.82 Å². The van der Waals surface area contributed by atoms with E-state index in [1.165, 1.54) is 25.4 Å². The quantitative estimate of drug-likeness (QED) is 0.435. The average molecular weight is 447 g/mol. The van der Waals surface area contributed by atoms with E-state index in [0.717, 1.165) is 5.56 Å². The van der Waals surface area contributed by atoms with Crippen molar-refractivity contribution in [3.8, 4) is 17.4 Å². The molecule has 2 heterocycles. The van der Waals surface area contributed by atoms with Gasteiger partial charge in [-0.3, -0.25) is 4.79 Å². The first-order valence-electron chi connectivity index (χ1n) is 10.3. The monoisotopic (exact) mass is 447 g/mol. The van der Waals surface area contributed by atoms with Crippen molar-refractivity contribution in [3.63, 3.8) is 0 Å². The fourth-order valence-corrected chi connectivity index (χ4v) is 3.30. The normalized spacial score (nSPS) is 10.6. The molecule has 0 aliphatic rings. The molecular weight excluding hydrogens is 425 g/mol. The first-order chi connectivity index (χ1) is 16.1. The molecule has 1 amide bonds. The molecule has 0 fully saturated rings. The molecule has 0 aliphatic heterocycles. The van der Waals surface area contributed by atoms with E-state index in [1.807, 2.05) is 25.1 Å². The molecule has 4 rings (SSSR count). The highest BCUT2D eigenvalue weighted by molar-refractivity contribution is 6.05. The first kappa shape index (κ1) is 21.9. The van der Waals surface area contributed by atoms with Gasteiger partial charge in [0, 0.05) is 17.8 Å². The van der Waals surface area contributed by atoms with Gasteiger partial charge in [0.05, 0.1) is 24.6 Å². The summed E-state index contributed by atoms with van der Waals surface area (Å²) in [5.74, 6) is 0.668. The number of amides is 1. The lowest BCUT2D eigenvalue weighted by Gasteiger charge is -2.10. The van der Waals surface area contributed by atoms with Gasteiger partial charge in [0.1, 0.15) is 18.2 Å². The van der Waals surface area contributed by atoms with E-state index in [1.54, 1.807) is 35.0 Å². The highest BCUT2D eigenvalue weighted by Gasteiger charge is 2.18. The molecule has 0 unspecified atom stereocenters. The molecule has 2 aromatic carbocycles. The van der Waals surface area contributed by atoms with Gasteiger partial charge in [-0.2, -0.15) is 5.10 Å². The van der Waals surface area contributed by atoms with Gasteiger partial charge in [-0.25, -0.2) is 9.07 Å². The number of nitrogens with zero attached hydrogens (tertiary/aromatic N) is 4. The van der Waals surface area contributed by atoms with Crippen molar-refractivity contribution in [3.05, 3.63) is 89.5 Å². The van der Waals surface area contributed by atoms with Crippen molar-refractivity contribution in [1.82, 2.24) is 20.0 Å². The Kier molecular flexibility index (Phi) is 6.58. The molecule has 0 spiro atoms. The topological polar surface area (TPSA) is 91.2 Å². The number of aromatic nitrogens is 4. The molecule has 4 aromatic rings. The predicted molar refractivity (Wildman–Crippen MR) is 120 cm³/mol. The second-order valence-electron chi connectivity index (χ2n) is 7.10. The molecule has 0 saturated heterocycles. The van der Waals surface area contributed by atoms with Crippen molar-refractivity contribution < 1.29 is 18.7 Å². The Hall–Kier alpha value is -4.27. The van der Waals surface area contributed by atoms with Crippen molar-refractivity contribution in [2.75, 3.05) is 12.4 Å². The van der Waals surface area contributed by atoms with Crippen molar-refractivity contribution >= 4 is 11.6 Å². The zero-order valence-electron chi connectivity index (χ0n) is 18.2. The van der Waals surface area contributed by atoms with Crippen LogP contribution in [0.1, 0.15) is 28.5 Å². The van der Waals surface area contributed by atoms with Crippen LogP contribution in [0.2, 0.25) is 0 Å². The molecule has 0 aliphatic carbocycles. The molecule has 0 bridgehead atoms. The third kappa shape index (κ3) is 5.15. The molecule has 0 atom stereocenters. The summed E-state index contributed by atoms with van der Waals surface area (Å²) in [6, 6.07) is 16.6. The van der Waals surface area contributed by atoms with Crippen LogP contribution in [-0.2, 0) is 13.0 Å². The lowest BCUT2D eigenvalue weighted by atomic mass is 10.1. The summed E-state index contributed by atoms with van der Waals surface area (Å²) < 4.78 is 25.6. The third-order valence-electron chi connectivity index (χ3n) is 4.89. The van der Waals surface area contributed by atoms with E-state index in [4.69, 9.17) is 9.47 Å². The number of carbonyl (C=O) groups is 1. The Morgan fingerprint density at radius 2 is 1.94 bits per heavy atom. The summed E-state index contributed by atoms with van der Waals surface area (Å²) in [4.78, 5) is 13.0. The van der Waals surface area contributed by atoms with Crippen LogP contribution in [0, 0.1) is 5.82 Å². The summed E-state index contributed by atoms with van der Waals surface area (Å²) in [5, 5.41) is 15.3. The van der Waals surface area contributed by atoms with Crippen LogP contribution in [-0.4, -0.2) is 33.0 Å². The zero-order valence-corrected chi connectivity index (χ0v) is 18.2. The van der Waals surface area contributed by atoms with Gasteiger partial charge in [-0.1, -0.05) is 25.1 Å². The number of benzene rings is 2. The minimum absolute atomic E-state index is 0.238. The predicted octanol–water partition coefficient (Wildman–Crippen LogP) is 4.20. The number of ether oxygens (including phenoxy) is 2. The summed E-state index contributed by atoms with van der Waals surface area (Å²) in [6.07, 6.45) is 2.08. The number of anilines is 1. The molecule has 2 aromatic heterocycles. The fourth-order valence-electron chi connectivity index (χ4n) is 3.30. The van der Waals surface area contributed by atoms with Gasteiger partial charge < -0.3 is 14.8 Å². The van der Waals surface area contributed by atoms with Crippen molar-refractivity contribution in [2.45, 2.75) is 20.0 Å². The van der Waals surface area contributed by atoms with Crippen LogP contribution in [0.5, 0.6) is 11.6 Å². The third-order valence-corrected chi connectivity index (χ3v) is 4.89. The zero-order chi connectivity index (χ0) is 23.2. The van der Waals surface area contributed by atoms with Crippen molar-refractivity contribution in [1.29, 1.82) is 0 Å². The van der Waals surface area contributed by atoms with Crippen LogP contribution >= 0.6 is 0 Å². The molecule has 8 nitrogen and oxygen atoms in total. The number of halogens is 1. The van der Waals surface area contributed by atoms with E-state index in [2.05, 4.69) is 20.6 Å². The average Bonchev–Trinajstić information content (AvgIpc) is 3.27. The van der Waals surface area contributed by atoms with Gasteiger partial charge in [-0.05, 0) is 42.3 Å². The van der Waals surface area contributed by atoms with Crippen LogP contribution in [0.15, 0.2) is 66.9 Å². The molecule has 33 heavy (non-hydrogen) atoms. The number of hydrogen-bond acceptors (Lipinski definition) is 6. The van der Waals surface area contributed by atoms with Gasteiger partial charge >= 0.3 is 0 Å². The lowest BCUT2D eigenvalue weighted by molar-refractivity contribution is 0.102. The highest BCUT2D eigenvalue weighted by atomic mass is 19.1. The molecule has 0 saturated carbocycles. The van der Waals surface area contributed by atoms with Gasteiger partial charge in [-0.15, -0.1) is 10.2 Å². The number of methoxy groups -OCH3 is 1. The number of nitrogens with one attached hydrogen (secondary N) is 1. The van der Waals surface area contributed by atoms with E-state index < -0.39 is 0 Å². The molecule has 9 heteroatoms. The number of carbonyl (C=O) groups excluding carboxylic acids is 1. The Bertz CT molecular complexity index is 1260. The second kappa shape index (κ2) is 9.90. The molecule has 1 N–H and O–H groups in total. The van der Waals surface area contributed by atoms with Gasteiger partial charge in [0.15, 0.2) is 5.82 Å². The van der Waals surface area contributed by atoms with Gasteiger partial charge in [0.2, 0.25) is 5.88 Å². The standard InChI is InChI=1S/C24H22FN5O3/c1-3-21-20(14-26-30(21)22-10-11-23(32-2)29-28-22)24(31)27-18-8-4-6-16(12-18)15-33-19-9-5-7-17(25)13-19/h4-14H,3,15H2,1-2H3,(H,27,31). The SMILES string of the molecule is CCc1c(C(=O)Nc2cccc(COc3cccc(F)c3)c2)cnn1-c1ccc(OC)nn1. The van der Waals surface area contributed by atoms with E-state index in [9.17, 15) is 9.18 Å². The maximum absolute atomic E-state index is 13.3. The first-order valence-corrected chi connectivity index (χ1v) is 10.3. The minimum atomic E-state index is -0.360. The fraction of sp³-hybridized carbons (Fsp3) is 0.167. The van der Waals surface area contributed by atoms with Crippen molar-refractivity contribution in [2.24, 2.45) is 0 Å². The Morgan fingerprint density at radius 1 is 1.09 bits per heavy atom. The van der Waals surface area contributed by atoms with E-state index >= 15 is 0 Å². The Labute approximate surface area is 190 Å². The molecular formula is C24H22FN5O3. The molecule has 168 valence electrons. The maximum atomic E-state index is 13.3. The second-order valence-corrected chi connectivity index (χ2v) is 7.10. The smallest absolute Gasteiger partial charge is 0.259 e. The Morgan fingerprint density at radius 3 is 2.67 bits per heavy atom. The van der Waals surface area contributed by atoms with Crippen LogP contribution in [0.4, 0.5) is 10.1 Å². The summed E-state index contributed by atoms with van der Waals surface area (Å²) in [7, 11) is 1.51. The summed E-state index contributed by atoms with van der Waals surface area (Å²) in [6.45, 7) is 2.17. The largest absolute Gasteiger partial charge is 0.489 e. The Balaban J connectivity index is 1.48. The maximum Gasteiger partial charge on any atom is 0.259 e. The van der Waals surface area contributed by atoms with Gasteiger partial charge in [0.25, 0.3) is 5.91 Å². The van der Waals surface area contributed by atoms with E-state index in [-0.39, 0.29) is 18.3 Å². The minimum Gasteiger partial charge on any atom is -0.489 e. The molecule has 0 radical (unpaired) electrons. The van der Waals surface area contributed by atoms with Crippen LogP contribution < -0.4 is 14.8 Å². The number of hydrogen-bond donors (Lipinski definition) is 1. The highest BCUT2D eigenvalue weighted by Crippen LogP contribution is 2.19. The summed E-state index contributed by atoms with van der Waals surface area (Å²) in [5.41, 5.74) is 2.59. The lowest BCUT2D eigenvalue weighted by Crippen LogP contribution is -2.15.